The summed E-state index contributed by atoms with van der Waals surface area (Å²) in [6.07, 6.45) is 0.867. The van der Waals surface area contributed by atoms with E-state index in [9.17, 15) is 0 Å². The van der Waals surface area contributed by atoms with Gasteiger partial charge in [0.1, 0.15) is 12.0 Å². The molecule has 8 aromatic rings. The van der Waals surface area contributed by atoms with Crippen molar-refractivity contribution in [1.29, 1.82) is 0 Å². The molecule has 0 amide bonds. The Balaban J connectivity index is 0.000000273. The molecule has 0 aromatic heterocycles. The normalized spacial score (nSPS) is 10.8. The molecular formula is C64H73BCoO7P3-. The Morgan fingerprint density at radius 2 is 0.750 bits per heavy atom. The van der Waals surface area contributed by atoms with E-state index >= 15 is 0 Å². The van der Waals surface area contributed by atoms with Gasteiger partial charge in [-0.3, -0.25) is 0 Å². The Hall–Kier alpha value is -5.14. The molecule has 0 spiro atoms. The van der Waals surface area contributed by atoms with Crippen molar-refractivity contribution in [2.24, 2.45) is 0 Å². The van der Waals surface area contributed by atoms with Gasteiger partial charge in [0.2, 0.25) is 16.8 Å². The van der Waals surface area contributed by atoms with E-state index < -0.39 is 30.6 Å². The maximum Gasteiger partial charge on any atom is 0.108 e. The first-order chi connectivity index (χ1) is 36.9. The van der Waals surface area contributed by atoms with Gasteiger partial charge in [-0.15, -0.1) is 12.1 Å². The van der Waals surface area contributed by atoms with Crippen LogP contribution in [0, 0.1) is 19.6 Å². The van der Waals surface area contributed by atoms with Crippen LogP contribution in [0.25, 0.3) is 6.08 Å². The standard InChI is InChI=1S/C24H20B.C19H23O2P.2C10H15O2P.CO.Co/c1-5-13-21(14-6-1)25(22-15-7-2-8-16-22,23-17-9-3-10-18-23)24-19-11-4-12-20-24;1-4-20-22(21-5-2,19-9-7-6-8-10-19)16-15-18-13-11-17(3)12-14-18;2*1-3-11-13(12-4-2)10-8-6-5-7-9-10;1-2;/h1-20H;6-9,11-16H,4-5H2,1-3H3;2*5-9H,3-4H2,1-2H3;;/q-1;;;;;/b;16-15-;;;;. The maximum absolute atomic E-state index is 7.50. The molecule has 399 valence electrons. The van der Waals surface area contributed by atoms with Gasteiger partial charge in [0, 0.05) is 32.7 Å². The molecule has 0 saturated carbocycles. The van der Waals surface area contributed by atoms with Crippen LogP contribution >= 0.6 is 24.5 Å². The second-order valence-corrected chi connectivity index (χ2v) is 21.9. The molecule has 76 heavy (non-hydrogen) atoms. The van der Waals surface area contributed by atoms with E-state index in [4.69, 9.17) is 31.8 Å². The molecule has 0 saturated heterocycles. The predicted octanol–water partition coefficient (Wildman–Crippen LogP) is 13.4. The summed E-state index contributed by atoms with van der Waals surface area (Å²) in [7, 11) is -3.97. The first-order valence-corrected chi connectivity index (χ1v) is 29.6. The van der Waals surface area contributed by atoms with Gasteiger partial charge in [-0.05, 0) is 84.4 Å². The topological polar surface area (TPSA) is 75.3 Å². The molecule has 8 rings (SSSR count). The molecule has 0 aliphatic heterocycles. The van der Waals surface area contributed by atoms with Crippen LogP contribution in [0.5, 0.6) is 0 Å². The van der Waals surface area contributed by atoms with Crippen LogP contribution in [0.2, 0.25) is 0 Å². The fourth-order valence-electron chi connectivity index (χ4n) is 8.23. The van der Waals surface area contributed by atoms with Crippen LogP contribution in [-0.2, 0) is 48.6 Å². The van der Waals surface area contributed by atoms with E-state index in [0.29, 0.717) is 39.6 Å². The van der Waals surface area contributed by atoms with Crippen LogP contribution in [-0.4, -0.2) is 45.8 Å². The minimum absolute atomic E-state index is 0. The molecule has 0 heterocycles. The third kappa shape index (κ3) is 20.3. The zero-order chi connectivity index (χ0) is 53.8. The summed E-state index contributed by atoms with van der Waals surface area (Å²) in [6, 6.07) is 83.3. The Bertz CT molecular complexity index is 2480. The van der Waals surface area contributed by atoms with E-state index in [1.165, 1.54) is 27.4 Å². The van der Waals surface area contributed by atoms with Crippen molar-refractivity contribution in [1.82, 2.24) is 0 Å². The van der Waals surface area contributed by atoms with Crippen LogP contribution in [0.3, 0.4) is 0 Å². The Morgan fingerprint density at radius 3 is 1.04 bits per heavy atom. The van der Waals surface area contributed by atoms with E-state index in [2.05, 4.69) is 177 Å². The minimum Gasteiger partial charge on any atom is -0.195 e. The van der Waals surface area contributed by atoms with E-state index in [-0.39, 0.29) is 16.8 Å². The quantitative estimate of drug-likeness (QED) is 0.0309. The van der Waals surface area contributed by atoms with Gasteiger partial charge in [0.15, 0.2) is 0 Å². The summed E-state index contributed by atoms with van der Waals surface area (Å²) >= 11 is 0. The summed E-state index contributed by atoms with van der Waals surface area (Å²) < 4.78 is 41.7. The van der Waals surface area contributed by atoms with Crippen molar-refractivity contribution in [3.63, 3.8) is 0 Å². The molecule has 0 N–H and O–H groups in total. The number of rotatable bonds is 21. The van der Waals surface area contributed by atoms with Crippen LogP contribution < -0.4 is 37.8 Å². The van der Waals surface area contributed by atoms with Gasteiger partial charge >= 0.3 is 19.0 Å². The van der Waals surface area contributed by atoms with Gasteiger partial charge in [-0.25, -0.2) is 0 Å². The smallest absolute Gasteiger partial charge is 0.108 e. The molecular weight excluding hydrogens is 1040 g/mol. The molecule has 0 atom stereocenters. The van der Waals surface area contributed by atoms with Gasteiger partial charge in [-0.1, -0.05) is 188 Å². The average Bonchev–Trinajstić information content (AvgIpc) is 3.49. The zero-order valence-electron chi connectivity index (χ0n) is 44.9. The molecule has 12 heteroatoms. The maximum atomic E-state index is 7.50. The average molecular weight is 1120 g/mol. The molecule has 7 nitrogen and oxygen atoms in total. The fourth-order valence-corrected chi connectivity index (χ4v) is 13.1. The van der Waals surface area contributed by atoms with Crippen molar-refractivity contribution in [3.8, 4) is 0 Å². The summed E-state index contributed by atoms with van der Waals surface area (Å²) in [5, 5.41) is 3.27. The molecule has 0 unspecified atom stereocenters. The molecule has 8 aromatic carbocycles. The first kappa shape index (κ1) is 65.1. The minimum atomic E-state index is -2.26. The fraction of sp³-hybridized carbons (Fsp3) is 0.203. The summed E-state index contributed by atoms with van der Waals surface area (Å²) in [5.41, 5.74) is 7.75. The first-order valence-electron chi connectivity index (χ1n) is 25.6. The molecule has 0 aliphatic rings. The van der Waals surface area contributed by atoms with Gasteiger partial charge in [0.05, 0.1) is 39.6 Å². The van der Waals surface area contributed by atoms with Gasteiger partial charge in [-0.2, -0.15) is 49.1 Å². The SMILES string of the molecule is CCOP(OCC)c1ccccc1.CCOP(OCC)c1ccccc1.CCO[P+](/C=C\c1ccc(C)cc1)(OCC)c1[c-]cccc1.[C-]#[O+].[Co].c1ccc([B-](c2ccccc2)(c2ccccc2)c2ccccc2)cc1. The second-order valence-electron chi connectivity index (χ2n) is 16.3. The molecule has 0 fully saturated rings. The predicted molar refractivity (Wildman–Crippen MR) is 322 cm³/mol. The third-order valence-electron chi connectivity index (χ3n) is 11.3. The van der Waals surface area contributed by atoms with E-state index in [0.717, 1.165) is 21.5 Å². The Kier molecular flexibility index (Phi) is 32.9. The van der Waals surface area contributed by atoms with Crippen molar-refractivity contribution in [2.75, 3.05) is 39.6 Å². The largest absolute Gasteiger partial charge is 0.195 e. The molecule has 0 bridgehead atoms. The van der Waals surface area contributed by atoms with Crippen molar-refractivity contribution in [3.05, 3.63) is 260 Å². The molecule has 0 aliphatic carbocycles. The summed E-state index contributed by atoms with van der Waals surface area (Å²) in [6.45, 7) is 22.5. The van der Waals surface area contributed by atoms with Crippen molar-refractivity contribution >= 4 is 74.5 Å². The van der Waals surface area contributed by atoms with Crippen molar-refractivity contribution in [2.45, 2.75) is 48.5 Å². The zero-order valence-corrected chi connectivity index (χ0v) is 48.7. The number of benzene rings is 8. The summed E-state index contributed by atoms with van der Waals surface area (Å²) in [4.78, 5) is 0. The summed E-state index contributed by atoms with van der Waals surface area (Å²) in [5.74, 6) is 2.08. The van der Waals surface area contributed by atoms with Gasteiger partial charge in [0.25, 0.3) is 0 Å². The second kappa shape index (κ2) is 38.4. The van der Waals surface area contributed by atoms with Crippen LogP contribution in [0.1, 0.15) is 52.7 Å². The Labute approximate surface area is 468 Å². The molecule has 1 radical (unpaired) electrons. The van der Waals surface area contributed by atoms with Crippen LogP contribution in [0.4, 0.5) is 0 Å². The van der Waals surface area contributed by atoms with Crippen molar-refractivity contribution < 1.29 is 48.6 Å². The Morgan fingerprint density at radius 1 is 0.434 bits per heavy atom. The monoisotopic (exact) mass is 1120 g/mol. The van der Waals surface area contributed by atoms with Crippen LogP contribution in [0.15, 0.2) is 236 Å². The van der Waals surface area contributed by atoms with E-state index in [1.807, 2.05) is 126 Å². The number of hydrogen-bond donors (Lipinski definition) is 0. The third-order valence-corrected chi connectivity index (χ3v) is 17.5. The van der Waals surface area contributed by atoms with E-state index in [1.54, 1.807) is 0 Å². The number of aryl methyl sites for hydroxylation is 1. The number of hydrogen-bond acceptors (Lipinski definition) is 6. The van der Waals surface area contributed by atoms with Gasteiger partial charge < -0.3 is 18.1 Å².